The van der Waals surface area contributed by atoms with Crippen molar-refractivity contribution < 1.29 is 70.0 Å². The van der Waals surface area contributed by atoms with E-state index in [-0.39, 0.29) is 13.0 Å². The number of hydrogen-bond acceptors (Lipinski definition) is 4. The molecule has 0 aliphatic rings. The summed E-state index contributed by atoms with van der Waals surface area (Å²) in [6.07, 6.45) is -10.7. The van der Waals surface area contributed by atoms with E-state index in [0.29, 0.717) is 0 Å². The number of rotatable bonds is 12. The zero-order chi connectivity index (χ0) is 26.2. The lowest BCUT2D eigenvalue weighted by Crippen LogP contribution is -3.09. The SMILES string of the molecule is CN(C)CCC[NH+]([O-])S(=O)(=O)CCC(F)(F)C(F)(F)C(F)(F)C(F)(F)C(F)(F)C(F)(F)F. The van der Waals surface area contributed by atoms with Crippen molar-refractivity contribution in [1.29, 1.82) is 0 Å². The largest absolute Gasteiger partial charge is 0.618 e. The molecule has 0 heterocycles. The highest BCUT2D eigenvalue weighted by molar-refractivity contribution is 7.85. The molecular formula is C13H17F13N2O3S. The first-order valence-electron chi connectivity index (χ1n) is 8.15. The normalized spacial score (nSPS) is 16.5. The van der Waals surface area contributed by atoms with Crippen molar-refractivity contribution in [2.24, 2.45) is 0 Å². The molecule has 0 amide bonds. The molecular weight excluding hydrogens is 511 g/mol. The van der Waals surface area contributed by atoms with Crippen LogP contribution in [-0.4, -0.2) is 82.0 Å². The van der Waals surface area contributed by atoms with Gasteiger partial charge in [0.1, 0.15) is 5.75 Å². The van der Waals surface area contributed by atoms with Gasteiger partial charge in [-0.15, -0.1) is 0 Å². The third-order valence-corrected chi connectivity index (χ3v) is 5.66. The van der Waals surface area contributed by atoms with Crippen molar-refractivity contribution in [2.45, 2.75) is 48.6 Å². The Bertz CT molecular complexity index is 738. The van der Waals surface area contributed by atoms with Crippen LogP contribution in [0.15, 0.2) is 0 Å². The standard InChI is InChI=1S/C13H17F13N2O3S/c1-27(2)5-3-6-28(29)32(30,31)7-4-8(14,15)9(16,17)10(18,19)11(20,21)12(22,23)13(24,25)26/h28H,3-7H2,1-2H3. The van der Waals surface area contributed by atoms with E-state index in [4.69, 9.17) is 0 Å². The summed E-state index contributed by atoms with van der Waals surface area (Å²) in [4.78, 5) is 1.45. The van der Waals surface area contributed by atoms with Crippen LogP contribution in [0.2, 0.25) is 0 Å². The van der Waals surface area contributed by atoms with Crippen LogP contribution in [0.4, 0.5) is 57.1 Å². The van der Waals surface area contributed by atoms with E-state index >= 15 is 0 Å². The second-order valence-electron chi connectivity index (χ2n) is 6.85. The second-order valence-corrected chi connectivity index (χ2v) is 8.94. The molecule has 0 saturated heterocycles. The van der Waals surface area contributed by atoms with E-state index in [2.05, 4.69) is 0 Å². The lowest BCUT2D eigenvalue weighted by Gasteiger charge is -2.39. The molecule has 0 rings (SSSR count). The minimum Gasteiger partial charge on any atom is -0.618 e. The Balaban J connectivity index is 5.77. The van der Waals surface area contributed by atoms with Crippen LogP contribution in [0.3, 0.4) is 0 Å². The van der Waals surface area contributed by atoms with Gasteiger partial charge < -0.3 is 10.1 Å². The molecule has 0 aromatic rings. The maximum Gasteiger partial charge on any atom is 0.460 e. The number of nitrogens with zero attached hydrogens (tertiary/aromatic N) is 1. The molecule has 0 fully saturated rings. The zero-order valence-corrected chi connectivity index (χ0v) is 16.8. The fourth-order valence-electron chi connectivity index (χ4n) is 2.03. The molecule has 0 aromatic heterocycles. The third kappa shape index (κ3) is 5.69. The van der Waals surface area contributed by atoms with Crippen LogP contribution in [0.5, 0.6) is 0 Å². The van der Waals surface area contributed by atoms with E-state index in [0.717, 1.165) is 0 Å². The predicted molar refractivity (Wildman–Crippen MR) is 81.6 cm³/mol. The summed E-state index contributed by atoms with van der Waals surface area (Å²) >= 11 is 0. The fourth-order valence-corrected chi connectivity index (χ4v) is 3.24. The van der Waals surface area contributed by atoms with Gasteiger partial charge in [0.05, 0.1) is 6.54 Å². The molecule has 0 bridgehead atoms. The zero-order valence-electron chi connectivity index (χ0n) is 16.0. The Hall–Kier alpha value is -1.08. The minimum atomic E-state index is -8.06. The summed E-state index contributed by atoms with van der Waals surface area (Å²) in [5.41, 5.74) is 0. The summed E-state index contributed by atoms with van der Waals surface area (Å²) in [5, 5.41) is 11.5. The summed E-state index contributed by atoms with van der Waals surface area (Å²) in [6, 6.07) is 0. The Morgan fingerprint density at radius 2 is 1.16 bits per heavy atom. The minimum absolute atomic E-state index is 0.101. The number of halogens is 13. The highest BCUT2D eigenvalue weighted by atomic mass is 32.2. The number of nitrogens with one attached hydrogen (secondary N) is 1. The fraction of sp³-hybridized carbons (Fsp3) is 1.00. The first-order valence-corrected chi connectivity index (χ1v) is 9.81. The molecule has 0 aliphatic carbocycles. The molecule has 0 aliphatic heterocycles. The van der Waals surface area contributed by atoms with E-state index in [1.165, 1.54) is 19.0 Å². The Kier molecular flexibility index (Phi) is 8.97. The van der Waals surface area contributed by atoms with Gasteiger partial charge >= 0.3 is 35.8 Å². The van der Waals surface area contributed by atoms with E-state index in [9.17, 15) is 70.7 Å². The van der Waals surface area contributed by atoms with Gasteiger partial charge in [0.2, 0.25) is 0 Å². The molecule has 0 aromatic carbocycles. The lowest BCUT2D eigenvalue weighted by atomic mass is 9.93. The molecule has 1 unspecified atom stereocenters. The summed E-state index contributed by atoms with van der Waals surface area (Å²) in [6.45, 7) is -0.723. The highest BCUT2D eigenvalue weighted by Gasteiger charge is 2.90. The van der Waals surface area contributed by atoms with E-state index in [1.54, 1.807) is 0 Å². The Morgan fingerprint density at radius 3 is 1.53 bits per heavy atom. The molecule has 32 heavy (non-hydrogen) atoms. The van der Waals surface area contributed by atoms with Crippen molar-refractivity contribution >= 4 is 10.0 Å². The summed E-state index contributed by atoms with van der Waals surface area (Å²) in [7, 11) is -2.34. The van der Waals surface area contributed by atoms with Gasteiger partial charge in [-0.3, -0.25) is 4.47 Å². The molecule has 5 nitrogen and oxygen atoms in total. The average Bonchev–Trinajstić information content (AvgIpc) is 2.58. The maximum absolute atomic E-state index is 13.6. The van der Waals surface area contributed by atoms with Crippen molar-refractivity contribution in [3.05, 3.63) is 5.21 Å². The number of hydrogen-bond donors (Lipinski definition) is 1. The molecule has 19 heteroatoms. The van der Waals surface area contributed by atoms with Crippen molar-refractivity contribution in [2.75, 3.05) is 32.9 Å². The van der Waals surface area contributed by atoms with E-state index in [1.807, 2.05) is 0 Å². The maximum atomic E-state index is 13.6. The summed E-state index contributed by atoms with van der Waals surface area (Å²) < 4.78 is 190. The molecule has 0 radical (unpaired) electrons. The quantitative estimate of drug-likeness (QED) is 0.313. The third-order valence-electron chi connectivity index (χ3n) is 4.02. The van der Waals surface area contributed by atoms with Crippen LogP contribution in [0.25, 0.3) is 0 Å². The van der Waals surface area contributed by atoms with Crippen LogP contribution in [-0.2, 0) is 10.0 Å². The van der Waals surface area contributed by atoms with Crippen LogP contribution < -0.4 is 4.47 Å². The second kappa shape index (κ2) is 9.28. The molecule has 1 N–H and O–H groups in total. The van der Waals surface area contributed by atoms with E-state index < -0.39 is 69.0 Å². The predicted octanol–water partition coefficient (Wildman–Crippen LogP) is 2.78. The van der Waals surface area contributed by atoms with Gasteiger partial charge in [0, 0.05) is 19.4 Å². The van der Waals surface area contributed by atoms with Crippen molar-refractivity contribution in [1.82, 2.24) is 4.90 Å². The Labute approximate surface area is 172 Å². The monoisotopic (exact) mass is 528 g/mol. The van der Waals surface area contributed by atoms with Crippen LogP contribution in [0, 0.1) is 5.21 Å². The molecule has 194 valence electrons. The van der Waals surface area contributed by atoms with Gasteiger partial charge in [-0.05, 0) is 14.1 Å². The first-order chi connectivity index (χ1) is 13.8. The van der Waals surface area contributed by atoms with Gasteiger partial charge in [-0.25, -0.2) is 0 Å². The lowest BCUT2D eigenvalue weighted by molar-refractivity contribution is -0.707. The molecule has 1 atom stereocenters. The topological polar surface area (TPSA) is 64.9 Å². The molecule has 0 saturated carbocycles. The number of quaternary nitrogens is 1. The summed E-state index contributed by atoms with van der Waals surface area (Å²) in [5.74, 6) is -40.3. The van der Waals surface area contributed by atoms with Gasteiger partial charge in [0.25, 0.3) is 10.0 Å². The number of alkyl halides is 13. The van der Waals surface area contributed by atoms with Crippen LogP contribution in [0.1, 0.15) is 12.8 Å². The average molecular weight is 528 g/mol. The van der Waals surface area contributed by atoms with Gasteiger partial charge in [-0.2, -0.15) is 65.5 Å². The Morgan fingerprint density at radius 1 is 0.750 bits per heavy atom. The van der Waals surface area contributed by atoms with Gasteiger partial charge in [0.15, 0.2) is 0 Å². The van der Waals surface area contributed by atoms with Gasteiger partial charge in [-0.1, -0.05) is 0 Å². The highest BCUT2D eigenvalue weighted by Crippen LogP contribution is 2.60. The van der Waals surface area contributed by atoms with Crippen molar-refractivity contribution in [3.8, 4) is 0 Å². The molecule has 0 spiro atoms. The smallest absolute Gasteiger partial charge is 0.460 e. The van der Waals surface area contributed by atoms with Crippen LogP contribution >= 0.6 is 0 Å². The van der Waals surface area contributed by atoms with Crippen molar-refractivity contribution in [3.63, 3.8) is 0 Å². The first kappa shape index (κ1) is 30.9. The number of hydroxylamine groups is 1. The number of sulfonamides is 1.